The molecule has 2 aromatic rings. The number of nitrogens with zero attached hydrogens (tertiary/aromatic N) is 4. The van der Waals surface area contributed by atoms with Crippen molar-refractivity contribution in [3.63, 3.8) is 0 Å². The van der Waals surface area contributed by atoms with Crippen LogP contribution >= 0.6 is 12.2 Å². The summed E-state index contributed by atoms with van der Waals surface area (Å²) in [5.41, 5.74) is 1.18. The summed E-state index contributed by atoms with van der Waals surface area (Å²) < 4.78 is 33.9. The fourth-order valence-electron chi connectivity index (χ4n) is 2.23. The molecule has 1 N–H and O–H groups in total. The molecule has 25 heavy (non-hydrogen) atoms. The van der Waals surface area contributed by atoms with Crippen molar-refractivity contribution in [2.24, 2.45) is 4.40 Å². The van der Waals surface area contributed by atoms with E-state index in [1.165, 1.54) is 12.1 Å². The van der Waals surface area contributed by atoms with E-state index in [0.717, 1.165) is 5.56 Å². The minimum absolute atomic E-state index is 0. The van der Waals surface area contributed by atoms with E-state index in [-0.39, 0.29) is 45.6 Å². The van der Waals surface area contributed by atoms with Gasteiger partial charge in [-0.25, -0.2) is 8.42 Å². The Bertz CT molecular complexity index is 899. The number of morpholine rings is 1. The Balaban J connectivity index is 0.00000225. The van der Waals surface area contributed by atoms with Crippen LogP contribution < -0.4 is 40.1 Å². The van der Waals surface area contributed by atoms with Gasteiger partial charge in [0.05, 0.1) is 29.3 Å². The minimum atomic E-state index is -3.89. The second-order valence-corrected chi connectivity index (χ2v) is 7.27. The van der Waals surface area contributed by atoms with Crippen molar-refractivity contribution in [3.8, 4) is 0 Å². The standard InChI is InChI=1S/C14H17N5O3S2.Na/c1-10-2-4-11(5-3-10)24(20,21)17-13-12(15-18-16-13)14(23)19-6-8-22-9-7-19;/h2-5H,6-9H2,1H3,(H2,15,16,17,18,23);/q;+1/p-1. The van der Waals surface area contributed by atoms with E-state index in [4.69, 9.17) is 17.0 Å². The maximum Gasteiger partial charge on any atom is 1.00 e. The number of aromatic nitrogens is 3. The first-order valence-corrected chi connectivity index (χ1v) is 9.15. The zero-order chi connectivity index (χ0) is 17.2. The number of aromatic amines is 1. The van der Waals surface area contributed by atoms with E-state index < -0.39 is 10.0 Å². The number of sulfonamides is 1. The van der Waals surface area contributed by atoms with Crippen LogP contribution in [0.25, 0.3) is 0 Å². The van der Waals surface area contributed by atoms with Crippen LogP contribution in [0.1, 0.15) is 11.3 Å². The Morgan fingerprint density at radius 2 is 1.96 bits per heavy atom. The summed E-state index contributed by atoms with van der Waals surface area (Å²) in [6, 6.07) is 6.44. The van der Waals surface area contributed by atoms with Gasteiger partial charge in [0.15, 0.2) is 0 Å². The van der Waals surface area contributed by atoms with Gasteiger partial charge in [0, 0.05) is 13.1 Å². The van der Waals surface area contributed by atoms with Gasteiger partial charge in [0.2, 0.25) is 10.0 Å². The first-order chi connectivity index (χ1) is 11.5. The Kier molecular flexibility index (Phi) is 6.94. The Labute approximate surface area is 173 Å². The summed E-state index contributed by atoms with van der Waals surface area (Å²) in [5, 5.41) is 10.2. The second-order valence-electron chi connectivity index (χ2n) is 5.28. The van der Waals surface area contributed by atoms with Crippen LogP contribution in [0.15, 0.2) is 33.6 Å². The molecule has 0 radical (unpaired) electrons. The second kappa shape index (κ2) is 8.56. The van der Waals surface area contributed by atoms with Gasteiger partial charge < -0.3 is 14.9 Å². The number of hydrogen-bond donors (Lipinski definition) is 1. The van der Waals surface area contributed by atoms with Gasteiger partial charge in [-0.2, -0.15) is 0 Å². The van der Waals surface area contributed by atoms with E-state index in [2.05, 4.69) is 19.8 Å². The zero-order valence-electron chi connectivity index (χ0n) is 14.0. The zero-order valence-corrected chi connectivity index (χ0v) is 17.6. The first-order valence-electron chi connectivity index (χ1n) is 7.30. The van der Waals surface area contributed by atoms with Crippen LogP contribution in [0.4, 0.5) is 0 Å². The third-order valence-corrected chi connectivity index (χ3v) is 5.29. The fourth-order valence-corrected chi connectivity index (χ4v) is 3.49. The van der Waals surface area contributed by atoms with E-state index in [1.54, 1.807) is 12.1 Å². The molecule has 0 amide bonds. The monoisotopic (exact) mass is 389 g/mol. The van der Waals surface area contributed by atoms with Crippen molar-refractivity contribution in [2.75, 3.05) is 26.3 Å². The largest absolute Gasteiger partial charge is 1.00 e. The summed E-state index contributed by atoms with van der Waals surface area (Å²) in [6.45, 7) is 4.24. The van der Waals surface area contributed by atoms with Crippen molar-refractivity contribution in [3.05, 3.63) is 41.0 Å². The van der Waals surface area contributed by atoms with Crippen LogP contribution in [0.3, 0.4) is 0 Å². The molecular formula is C14H16N5NaO3S2. The molecule has 0 bridgehead atoms. The number of aryl methyl sites for hydroxylation is 1. The number of thiocarbonyl (C=S) groups is 1. The summed E-state index contributed by atoms with van der Waals surface area (Å²) in [7, 11) is -3.89. The molecule has 1 saturated heterocycles. The Morgan fingerprint density at radius 3 is 2.60 bits per heavy atom. The summed E-state index contributed by atoms with van der Waals surface area (Å²) in [5.74, 6) is 0. The predicted molar refractivity (Wildman–Crippen MR) is 89.9 cm³/mol. The fraction of sp³-hybridized carbons (Fsp3) is 0.357. The molecule has 0 atom stereocenters. The van der Waals surface area contributed by atoms with Crippen molar-refractivity contribution >= 4 is 27.2 Å². The van der Waals surface area contributed by atoms with Crippen molar-refractivity contribution in [2.45, 2.75) is 11.8 Å². The molecule has 11 heteroatoms. The van der Waals surface area contributed by atoms with Crippen LogP contribution in [0, 0.1) is 6.92 Å². The van der Waals surface area contributed by atoms with Gasteiger partial charge in [0.25, 0.3) is 0 Å². The van der Waals surface area contributed by atoms with Gasteiger partial charge >= 0.3 is 29.6 Å². The normalized spacial score (nSPS) is 15.7. The van der Waals surface area contributed by atoms with Crippen molar-refractivity contribution in [1.29, 1.82) is 0 Å². The predicted octanol–water partition coefficient (Wildman–Crippen LogP) is -3.02. The minimum Gasteiger partial charge on any atom is -0.378 e. The van der Waals surface area contributed by atoms with Gasteiger partial charge in [-0.05, 0) is 19.1 Å². The number of rotatable bonds is 3. The molecule has 0 aliphatic carbocycles. The van der Waals surface area contributed by atoms with Crippen molar-refractivity contribution in [1.82, 2.24) is 20.3 Å². The summed E-state index contributed by atoms with van der Waals surface area (Å²) in [6.07, 6.45) is 0. The smallest absolute Gasteiger partial charge is 0.378 e. The maximum absolute atomic E-state index is 12.4. The van der Waals surface area contributed by atoms with Crippen LogP contribution in [-0.2, 0) is 14.8 Å². The number of ether oxygens (including phenoxy) is 1. The average molecular weight is 389 g/mol. The van der Waals surface area contributed by atoms with Gasteiger partial charge in [0.1, 0.15) is 4.99 Å². The van der Waals surface area contributed by atoms with E-state index >= 15 is 0 Å². The van der Waals surface area contributed by atoms with Gasteiger partial charge in [-0.1, -0.05) is 29.9 Å². The van der Waals surface area contributed by atoms with E-state index in [1.807, 2.05) is 11.8 Å². The van der Waals surface area contributed by atoms with E-state index in [9.17, 15) is 8.42 Å². The Hall–Kier alpha value is -1.04. The molecule has 1 aliphatic heterocycles. The number of H-pyrrole nitrogens is 1. The molecule has 0 spiro atoms. The molecular weight excluding hydrogens is 373 g/mol. The van der Waals surface area contributed by atoms with Gasteiger partial charge in [-0.3, -0.25) is 14.6 Å². The summed E-state index contributed by atoms with van der Waals surface area (Å²) >= 11 is 5.40. The molecule has 1 aromatic carbocycles. The summed E-state index contributed by atoms with van der Waals surface area (Å²) in [4.78, 5) is 2.40. The van der Waals surface area contributed by atoms with Crippen LogP contribution in [0.5, 0.6) is 0 Å². The SMILES string of the molecule is Cc1ccc(S(=O)(=O)N=c2[n-][nH]nc2C(=S)N2CCOCC2)cc1.[Na+]. The molecule has 2 heterocycles. The quantitative estimate of drug-likeness (QED) is 0.440. The number of nitrogens with one attached hydrogen (secondary N) is 1. The van der Waals surface area contributed by atoms with Crippen molar-refractivity contribution < 1.29 is 42.7 Å². The molecule has 3 rings (SSSR count). The van der Waals surface area contributed by atoms with Crippen LogP contribution in [-0.4, -0.2) is 54.9 Å². The molecule has 0 unspecified atom stereocenters. The molecule has 1 aromatic heterocycles. The third kappa shape index (κ3) is 4.78. The van der Waals surface area contributed by atoms with Gasteiger partial charge in [-0.15, -0.1) is 0 Å². The average Bonchev–Trinajstić information content (AvgIpc) is 3.02. The molecule has 128 valence electrons. The topological polar surface area (TPSA) is 102 Å². The van der Waals surface area contributed by atoms with E-state index in [0.29, 0.717) is 31.3 Å². The molecule has 8 nitrogen and oxygen atoms in total. The molecule has 1 aliphatic rings. The first kappa shape index (κ1) is 20.3. The molecule has 0 saturated carbocycles. The molecule has 1 fully saturated rings. The maximum atomic E-state index is 12.4. The van der Waals surface area contributed by atoms with Crippen LogP contribution in [0.2, 0.25) is 0 Å². The Morgan fingerprint density at radius 1 is 1.32 bits per heavy atom. The number of benzene rings is 1. The third-order valence-electron chi connectivity index (χ3n) is 3.56. The number of hydrogen-bond acceptors (Lipinski definition) is 5.